The van der Waals surface area contributed by atoms with E-state index in [0.29, 0.717) is 13.1 Å². The van der Waals surface area contributed by atoms with E-state index in [1.165, 1.54) is 11.1 Å². The topological polar surface area (TPSA) is 85.6 Å². The maximum atomic E-state index is 12.6. The molecule has 0 N–H and O–H groups in total. The Labute approximate surface area is 260 Å². The predicted molar refractivity (Wildman–Crippen MR) is 173 cm³/mol. The molecule has 2 saturated heterocycles. The standard InChI is InChI=1S/C35H44N6O3/c1-23-20-26(10-11-27(23)22-39-16-18-43-19-17-39)29-8-7-9-30-33(29)37-31(21-36-30)32-24(2)38-41(25(32)3)28-12-14-40(15-13-28)34(42)44-35(4,5)6/h7-11,20-21,28H,12-19,22H2,1-6H3. The van der Waals surface area contributed by atoms with Crippen molar-refractivity contribution in [2.45, 2.75) is 72.6 Å². The lowest BCUT2D eigenvalue weighted by molar-refractivity contribution is 0.0184. The van der Waals surface area contributed by atoms with Gasteiger partial charge in [0.1, 0.15) is 5.60 Å². The van der Waals surface area contributed by atoms with Crippen molar-refractivity contribution in [2.75, 3.05) is 39.4 Å². The van der Waals surface area contributed by atoms with Crippen LogP contribution >= 0.6 is 0 Å². The largest absolute Gasteiger partial charge is 0.444 e. The Morgan fingerprint density at radius 3 is 2.48 bits per heavy atom. The average Bonchev–Trinajstić information content (AvgIpc) is 3.30. The van der Waals surface area contributed by atoms with Crippen LogP contribution in [0.5, 0.6) is 0 Å². The Morgan fingerprint density at radius 2 is 1.77 bits per heavy atom. The molecule has 0 spiro atoms. The number of amides is 1. The van der Waals surface area contributed by atoms with Crippen LogP contribution in [-0.4, -0.2) is 80.6 Å². The SMILES string of the molecule is Cc1cc(-c2cccc3ncc(-c4c(C)nn(C5CCN(C(=O)OC(C)(C)C)CC5)c4C)nc23)ccc1CN1CCOCC1. The van der Waals surface area contributed by atoms with Crippen LogP contribution in [0, 0.1) is 20.8 Å². The second-order valence-corrected chi connectivity index (χ2v) is 13.1. The molecule has 2 aromatic heterocycles. The number of aryl methyl sites for hydroxylation is 2. The van der Waals surface area contributed by atoms with Crippen LogP contribution in [0.2, 0.25) is 0 Å². The van der Waals surface area contributed by atoms with Crippen LogP contribution in [0.15, 0.2) is 42.6 Å². The van der Waals surface area contributed by atoms with Crippen molar-refractivity contribution in [3.05, 3.63) is 65.1 Å². The predicted octanol–water partition coefficient (Wildman–Crippen LogP) is 6.49. The number of benzene rings is 2. The van der Waals surface area contributed by atoms with Gasteiger partial charge in [-0.3, -0.25) is 14.6 Å². The molecule has 1 amide bonds. The molecule has 44 heavy (non-hydrogen) atoms. The lowest BCUT2D eigenvalue weighted by Gasteiger charge is -2.33. The molecule has 2 aliphatic heterocycles. The second kappa shape index (κ2) is 12.3. The van der Waals surface area contributed by atoms with Gasteiger partial charge in [0, 0.05) is 49.5 Å². The molecule has 0 aliphatic carbocycles. The molecule has 2 fully saturated rings. The molecule has 9 heteroatoms. The number of ether oxygens (including phenoxy) is 2. The van der Waals surface area contributed by atoms with Crippen molar-refractivity contribution >= 4 is 17.1 Å². The molecule has 2 aromatic carbocycles. The van der Waals surface area contributed by atoms with E-state index in [2.05, 4.69) is 53.8 Å². The number of carbonyl (C=O) groups is 1. The molecule has 0 unspecified atom stereocenters. The lowest BCUT2D eigenvalue weighted by Crippen LogP contribution is -2.42. The summed E-state index contributed by atoms with van der Waals surface area (Å²) < 4.78 is 13.2. The van der Waals surface area contributed by atoms with E-state index < -0.39 is 5.60 Å². The average molecular weight is 597 g/mol. The summed E-state index contributed by atoms with van der Waals surface area (Å²) in [6.07, 6.45) is 3.29. The highest BCUT2D eigenvalue weighted by Crippen LogP contribution is 2.34. The van der Waals surface area contributed by atoms with Gasteiger partial charge in [-0.15, -0.1) is 0 Å². The number of piperidine rings is 1. The number of nitrogens with zero attached hydrogens (tertiary/aromatic N) is 6. The van der Waals surface area contributed by atoms with Gasteiger partial charge in [-0.05, 0) is 77.1 Å². The number of likely N-dealkylation sites (tertiary alicyclic amines) is 1. The molecule has 0 saturated carbocycles. The number of fused-ring (bicyclic) bond motifs is 1. The zero-order valence-electron chi connectivity index (χ0n) is 26.9. The van der Waals surface area contributed by atoms with E-state index in [9.17, 15) is 4.79 Å². The summed E-state index contributed by atoms with van der Waals surface area (Å²) in [6, 6.07) is 13.2. The smallest absolute Gasteiger partial charge is 0.410 e. The van der Waals surface area contributed by atoms with E-state index in [1.54, 1.807) is 0 Å². The first-order valence-corrected chi connectivity index (χ1v) is 15.8. The first-order valence-electron chi connectivity index (χ1n) is 15.8. The normalized spacial score (nSPS) is 16.9. The van der Waals surface area contributed by atoms with Gasteiger partial charge in [-0.2, -0.15) is 5.10 Å². The molecule has 4 aromatic rings. The Bertz CT molecular complexity index is 1660. The van der Waals surface area contributed by atoms with Crippen LogP contribution in [0.25, 0.3) is 33.4 Å². The minimum Gasteiger partial charge on any atom is -0.444 e. The molecule has 0 bridgehead atoms. The van der Waals surface area contributed by atoms with Crippen LogP contribution in [0.4, 0.5) is 4.79 Å². The van der Waals surface area contributed by atoms with E-state index in [0.717, 1.165) is 90.5 Å². The fraction of sp³-hybridized carbons (Fsp3) is 0.486. The Morgan fingerprint density at radius 1 is 1.02 bits per heavy atom. The fourth-order valence-electron chi connectivity index (χ4n) is 6.44. The molecule has 9 nitrogen and oxygen atoms in total. The maximum Gasteiger partial charge on any atom is 0.410 e. The minimum atomic E-state index is -0.495. The molecule has 0 radical (unpaired) electrons. The van der Waals surface area contributed by atoms with Crippen molar-refractivity contribution in [1.29, 1.82) is 0 Å². The molecule has 4 heterocycles. The zero-order valence-corrected chi connectivity index (χ0v) is 26.9. The van der Waals surface area contributed by atoms with Crippen LogP contribution in [-0.2, 0) is 16.0 Å². The first-order chi connectivity index (χ1) is 21.1. The highest BCUT2D eigenvalue weighted by molar-refractivity contribution is 5.92. The highest BCUT2D eigenvalue weighted by Gasteiger charge is 2.29. The third kappa shape index (κ3) is 6.35. The third-order valence-corrected chi connectivity index (χ3v) is 8.77. The van der Waals surface area contributed by atoms with Gasteiger partial charge in [-0.1, -0.05) is 30.3 Å². The fourth-order valence-corrected chi connectivity index (χ4v) is 6.44. The van der Waals surface area contributed by atoms with E-state index in [-0.39, 0.29) is 12.1 Å². The van der Waals surface area contributed by atoms with Crippen molar-refractivity contribution in [3.8, 4) is 22.4 Å². The van der Waals surface area contributed by atoms with Crippen LogP contribution in [0.3, 0.4) is 0 Å². The summed E-state index contributed by atoms with van der Waals surface area (Å²) in [7, 11) is 0. The van der Waals surface area contributed by atoms with Gasteiger partial charge in [0.05, 0.1) is 47.9 Å². The third-order valence-electron chi connectivity index (χ3n) is 8.77. The van der Waals surface area contributed by atoms with Crippen LogP contribution in [0.1, 0.15) is 62.2 Å². The number of hydrogen-bond acceptors (Lipinski definition) is 7. The van der Waals surface area contributed by atoms with Crippen molar-refractivity contribution < 1.29 is 14.3 Å². The lowest BCUT2D eigenvalue weighted by atomic mass is 9.98. The number of para-hydroxylation sites is 1. The number of rotatable bonds is 5. The molecule has 2 aliphatic rings. The monoisotopic (exact) mass is 596 g/mol. The highest BCUT2D eigenvalue weighted by atomic mass is 16.6. The van der Waals surface area contributed by atoms with Crippen molar-refractivity contribution in [3.63, 3.8) is 0 Å². The minimum absolute atomic E-state index is 0.212. The number of carbonyl (C=O) groups excluding carboxylic acids is 1. The number of morpholine rings is 1. The quantitative estimate of drug-likeness (QED) is 0.260. The van der Waals surface area contributed by atoms with Gasteiger partial charge < -0.3 is 14.4 Å². The number of hydrogen-bond donors (Lipinski definition) is 0. The van der Waals surface area contributed by atoms with E-state index >= 15 is 0 Å². The summed E-state index contributed by atoms with van der Waals surface area (Å²) in [5.41, 5.74) is 9.99. The van der Waals surface area contributed by atoms with Gasteiger partial charge in [-0.25, -0.2) is 9.78 Å². The Hall–Kier alpha value is -3.82. The van der Waals surface area contributed by atoms with Gasteiger partial charge in [0.25, 0.3) is 0 Å². The second-order valence-electron chi connectivity index (χ2n) is 13.1. The van der Waals surface area contributed by atoms with Crippen LogP contribution < -0.4 is 0 Å². The number of aromatic nitrogens is 4. The van der Waals surface area contributed by atoms with E-state index in [1.807, 2.05) is 44.9 Å². The summed E-state index contributed by atoms with van der Waals surface area (Å²) in [4.78, 5) is 26.9. The van der Waals surface area contributed by atoms with Gasteiger partial charge >= 0.3 is 6.09 Å². The summed E-state index contributed by atoms with van der Waals surface area (Å²) in [6.45, 7) is 17.9. The molecular formula is C35H44N6O3. The molecule has 0 atom stereocenters. The van der Waals surface area contributed by atoms with Gasteiger partial charge in [0.15, 0.2) is 0 Å². The zero-order chi connectivity index (χ0) is 31.0. The van der Waals surface area contributed by atoms with E-state index in [4.69, 9.17) is 24.5 Å². The molecule has 232 valence electrons. The summed E-state index contributed by atoms with van der Waals surface area (Å²) in [5.74, 6) is 0. The maximum absolute atomic E-state index is 12.6. The molecule has 6 rings (SSSR count). The van der Waals surface area contributed by atoms with Crippen molar-refractivity contribution in [2.24, 2.45) is 0 Å². The first kappa shape index (κ1) is 30.2. The van der Waals surface area contributed by atoms with Crippen molar-refractivity contribution in [1.82, 2.24) is 29.5 Å². The van der Waals surface area contributed by atoms with Gasteiger partial charge in [0.2, 0.25) is 0 Å². The summed E-state index contributed by atoms with van der Waals surface area (Å²) in [5, 5.41) is 4.97. The Balaban J connectivity index is 1.25. The Kier molecular flexibility index (Phi) is 8.44. The molecular weight excluding hydrogens is 552 g/mol. The summed E-state index contributed by atoms with van der Waals surface area (Å²) >= 11 is 0.